The third-order valence-corrected chi connectivity index (χ3v) is 2.21. The molecule has 4 N–H and O–H groups in total. The number of anilines is 2. The van der Waals surface area contributed by atoms with Crippen LogP contribution in [0.3, 0.4) is 0 Å². The topological polar surface area (TPSA) is 77.8 Å². The van der Waals surface area contributed by atoms with Gasteiger partial charge in [-0.05, 0) is 18.2 Å². The van der Waals surface area contributed by atoms with Crippen molar-refractivity contribution >= 4 is 11.5 Å². The van der Waals surface area contributed by atoms with E-state index in [-0.39, 0.29) is 0 Å². The van der Waals surface area contributed by atoms with Crippen LogP contribution in [0.4, 0.5) is 11.5 Å². The van der Waals surface area contributed by atoms with E-state index in [4.69, 9.17) is 11.5 Å². The Balaban J connectivity index is 2.32. The SMILES string of the molecule is Nc1ccnc(N)c1Cc1ccccn1. The molecule has 15 heavy (non-hydrogen) atoms. The molecule has 0 saturated carbocycles. The van der Waals surface area contributed by atoms with Gasteiger partial charge >= 0.3 is 0 Å². The van der Waals surface area contributed by atoms with Crippen molar-refractivity contribution in [2.45, 2.75) is 6.42 Å². The average molecular weight is 200 g/mol. The summed E-state index contributed by atoms with van der Waals surface area (Å²) in [5, 5.41) is 0. The standard InChI is InChI=1S/C11H12N4/c12-10-4-6-15-11(13)9(10)7-8-3-1-2-5-14-8/h1-6H,7H2,(H4,12,13,15). The zero-order chi connectivity index (χ0) is 10.7. The Bertz CT molecular complexity index is 433. The molecule has 4 nitrogen and oxygen atoms in total. The molecule has 0 aliphatic rings. The highest BCUT2D eigenvalue weighted by Gasteiger charge is 2.06. The number of nitrogen functional groups attached to an aromatic ring is 2. The zero-order valence-corrected chi connectivity index (χ0v) is 8.22. The van der Waals surface area contributed by atoms with Gasteiger partial charge in [0.15, 0.2) is 0 Å². The van der Waals surface area contributed by atoms with Gasteiger partial charge in [0.2, 0.25) is 0 Å². The van der Waals surface area contributed by atoms with E-state index >= 15 is 0 Å². The van der Waals surface area contributed by atoms with Crippen LogP contribution in [0.1, 0.15) is 11.3 Å². The van der Waals surface area contributed by atoms with Gasteiger partial charge < -0.3 is 11.5 Å². The number of nitrogens with zero attached hydrogens (tertiary/aromatic N) is 2. The lowest BCUT2D eigenvalue weighted by molar-refractivity contribution is 1.07. The van der Waals surface area contributed by atoms with E-state index in [0.29, 0.717) is 17.9 Å². The van der Waals surface area contributed by atoms with Crippen LogP contribution >= 0.6 is 0 Å². The van der Waals surface area contributed by atoms with Crippen molar-refractivity contribution < 1.29 is 0 Å². The van der Waals surface area contributed by atoms with E-state index in [0.717, 1.165) is 11.3 Å². The fraction of sp³-hybridized carbons (Fsp3) is 0.0909. The Morgan fingerprint density at radius 1 is 1.00 bits per heavy atom. The van der Waals surface area contributed by atoms with Gasteiger partial charge in [0.05, 0.1) is 0 Å². The van der Waals surface area contributed by atoms with Crippen LogP contribution in [0, 0.1) is 0 Å². The molecule has 0 unspecified atom stereocenters. The van der Waals surface area contributed by atoms with Gasteiger partial charge in [0.25, 0.3) is 0 Å². The molecule has 0 aromatic carbocycles. The second kappa shape index (κ2) is 3.96. The second-order valence-electron chi connectivity index (χ2n) is 3.26. The maximum absolute atomic E-state index is 5.82. The third-order valence-electron chi connectivity index (χ3n) is 2.21. The molecule has 0 spiro atoms. The average Bonchev–Trinajstić information content (AvgIpc) is 2.25. The van der Waals surface area contributed by atoms with E-state index in [1.807, 2.05) is 18.2 Å². The molecule has 2 rings (SSSR count). The molecule has 4 heteroatoms. The molecule has 0 fully saturated rings. The summed E-state index contributed by atoms with van der Waals surface area (Å²) >= 11 is 0. The van der Waals surface area contributed by atoms with E-state index in [9.17, 15) is 0 Å². The van der Waals surface area contributed by atoms with Gasteiger partial charge in [-0.25, -0.2) is 4.98 Å². The lowest BCUT2D eigenvalue weighted by Crippen LogP contribution is -2.03. The van der Waals surface area contributed by atoms with Gasteiger partial charge in [-0.2, -0.15) is 0 Å². The predicted octanol–water partition coefficient (Wildman–Crippen LogP) is 1.23. The van der Waals surface area contributed by atoms with Crippen LogP contribution in [-0.2, 0) is 6.42 Å². The first-order valence-corrected chi connectivity index (χ1v) is 4.66. The highest BCUT2D eigenvalue weighted by molar-refractivity contribution is 5.57. The summed E-state index contributed by atoms with van der Waals surface area (Å²) < 4.78 is 0. The Hall–Kier alpha value is -2.10. The van der Waals surface area contributed by atoms with Gasteiger partial charge in [-0.15, -0.1) is 0 Å². The normalized spacial score (nSPS) is 10.1. The van der Waals surface area contributed by atoms with E-state index in [1.54, 1.807) is 18.5 Å². The number of hydrogen-bond donors (Lipinski definition) is 2. The summed E-state index contributed by atoms with van der Waals surface area (Å²) in [5.74, 6) is 0.473. The van der Waals surface area contributed by atoms with E-state index < -0.39 is 0 Å². The Labute approximate surface area is 88.0 Å². The summed E-state index contributed by atoms with van der Waals surface area (Å²) in [6.07, 6.45) is 3.97. The van der Waals surface area contributed by atoms with Crippen LogP contribution < -0.4 is 11.5 Å². The Morgan fingerprint density at radius 3 is 2.53 bits per heavy atom. The lowest BCUT2D eigenvalue weighted by Gasteiger charge is -2.07. The van der Waals surface area contributed by atoms with Crippen molar-refractivity contribution in [3.63, 3.8) is 0 Å². The highest BCUT2D eigenvalue weighted by Crippen LogP contribution is 2.19. The minimum atomic E-state index is 0.473. The molecular weight excluding hydrogens is 188 g/mol. The molecule has 2 heterocycles. The minimum absolute atomic E-state index is 0.473. The van der Waals surface area contributed by atoms with E-state index in [1.165, 1.54) is 0 Å². The smallest absolute Gasteiger partial charge is 0.128 e. The van der Waals surface area contributed by atoms with Crippen molar-refractivity contribution in [3.8, 4) is 0 Å². The zero-order valence-electron chi connectivity index (χ0n) is 8.22. The van der Waals surface area contributed by atoms with Gasteiger partial charge in [-0.3, -0.25) is 4.98 Å². The Kier molecular flexibility index (Phi) is 2.49. The van der Waals surface area contributed by atoms with Crippen molar-refractivity contribution in [2.75, 3.05) is 11.5 Å². The summed E-state index contributed by atoms with van der Waals surface area (Å²) in [7, 11) is 0. The van der Waals surface area contributed by atoms with Crippen molar-refractivity contribution in [1.29, 1.82) is 0 Å². The number of hydrogen-bond acceptors (Lipinski definition) is 4. The third kappa shape index (κ3) is 2.04. The van der Waals surface area contributed by atoms with Gasteiger partial charge in [0.1, 0.15) is 5.82 Å². The summed E-state index contributed by atoms with van der Waals surface area (Å²) in [6.45, 7) is 0. The lowest BCUT2D eigenvalue weighted by atomic mass is 10.1. The molecule has 0 aliphatic carbocycles. The first-order valence-electron chi connectivity index (χ1n) is 4.66. The van der Waals surface area contributed by atoms with Gasteiger partial charge in [0, 0.05) is 35.8 Å². The predicted molar refractivity (Wildman–Crippen MR) is 60.1 cm³/mol. The number of rotatable bonds is 2. The van der Waals surface area contributed by atoms with Crippen LogP contribution in [-0.4, -0.2) is 9.97 Å². The molecule has 0 saturated heterocycles. The second-order valence-corrected chi connectivity index (χ2v) is 3.26. The molecule has 0 amide bonds. The monoisotopic (exact) mass is 200 g/mol. The summed E-state index contributed by atoms with van der Waals surface area (Å²) in [6, 6.07) is 7.49. The maximum atomic E-state index is 5.82. The van der Waals surface area contributed by atoms with Crippen molar-refractivity contribution in [3.05, 3.63) is 47.9 Å². The molecule has 2 aromatic heterocycles. The van der Waals surface area contributed by atoms with Crippen LogP contribution in [0.25, 0.3) is 0 Å². The molecule has 0 bridgehead atoms. The van der Waals surface area contributed by atoms with Crippen molar-refractivity contribution in [1.82, 2.24) is 9.97 Å². The minimum Gasteiger partial charge on any atom is -0.398 e. The molecule has 0 aliphatic heterocycles. The largest absolute Gasteiger partial charge is 0.398 e. The molecule has 0 atom stereocenters. The summed E-state index contributed by atoms with van der Waals surface area (Å²) in [4.78, 5) is 8.22. The number of pyridine rings is 2. The first kappa shape index (κ1) is 9.45. The quantitative estimate of drug-likeness (QED) is 0.764. The fourth-order valence-corrected chi connectivity index (χ4v) is 1.40. The number of aromatic nitrogens is 2. The first-order chi connectivity index (χ1) is 7.27. The highest BCUT2D eigenvalue weighted by atomic mass is 14.8. The fourth-order valence-electron chi connectivity index (χ4n) is 1.40. The maximum Gasteiger partial charge on any atom is 0.128 e. The van der Waals surface area contributed by atoms with Crippen LogP contribution in [0.2, 0.25) is 0 Å². The Morgan fingerprint density at radius 2 is 1.87 bits per heavy atom. The van der Waals surface area contributed by atoms with Crippen LogP contribution in [0.15, 0.2) is 36.7 Å². The van der Waals surface area contributed by atoms with E-state index in [2.05, 4.69) is 9.97 Å². The molecule has 0 radical (unpaired) electrons. The van der Waals surface area contributed by atoms with Crippen molar-refractivity contribution in [2.24, 2.45) is 0 Å². The summed E-state index contributed by atoms with van der Waals surface area (Å²) in [5.41, 5.74) is 14.0. The molecule has 2 aromatic rings. The van der Waals surface area contributed by atoms with Gasteiger partial charge in [-0.1, -0.05) is 6.07 Å². The number of nitrogens with two attached hydrogens (primary N) is 2. The van der Waals surface area contributed by atoms with Crippen LogP contribution in [0.5, 0.6) is 0 Å². The molecular formula is C11H12N4. The molecule has 76 valence electrons.